The largest absolute Gasteiger partial charge is 0.455 e. The predicted molar refractivity (Wildman–Crippen MR) is 217 cm³/mol. The number of fused-ring (bicyclic) bond motifs is 5. The monoisotopic (exact) mass is 677 g/mol. The van der Waals surface area contributed by atoms with Crippen LogP contribution in [-0.4, -0.2) is 15.0 Å². The summed E-state index contributed by atoms with van der Waals surface area (Å²) in [5, 5.41) is 4.49. The van der Waals surface area contributed by atoms with Gasteiger partial charge in [-0.1, -0.05) is 170 Å². The highest BCUT2D eigenvalue weighted by Gasteiger charge is 2.18. The van der Waals surface area contributed by atoms with Crippen molar-refractivity contribution in [1.82, 2.24) is 15.0 Å². The summed E-state index contributed by atoms with van der Waals surface area (Å²) in [6, 6.07) is 65.2. The van der Waals surface area contributed by atoms with E-state index in [0.717, 1.165) is 71.7 Å². The maximum atomic E-state index is 6.76. The van der Waals surface area contributed by atoms with Gasteiger partial charge in [-0.2, -0.15) is 0 Å². The first-order valence-corrected chi connectivity index (χ1v) is 17.8. The van der Waals surface area contributed by atoms with Crippen molar-refractivity contribution in [3.05, 3.63) is 188 Å². The highest BCUT2D eigenvalue weighted by Crippen LogP contribution is 2.42. The van der Waals surface area contributed by atoms with E-state index in [1.54, 1.807) is 0 Å². The molecule has 4 nitrogen and oxygen atoms in total. The normalized spacial score (nSPS) is 11.4. The fourth-order valence-electron chi connectivity index (χ4n) is 7.24. The second-order valence-electron chi connectivity index (χ2n) is 13.2. The van der Waals surface area contributed by atoms with E-state index < -0.39 is 0 Å². The average molecular weight is 678 g/mol. The van der Waals surface area contributed by atoms with Crippen molar-refractivity contribution in [2.24, 2.45) is 0 Å². The fourth-order valence-corrected chi connectivity index (χ4v) is 7.24. The summed E-state index contributed by atoms with van der Waals surface area (Å²) in [5.74, 6) is 1.92. The molecule has 0 radical (unpaired) electrons. The molecule has 0 saturated heterocycles. The van der Waals surface area contributed by atoms with Crippen LogP contribution in [0.3, 0.4) is 0 Å². The highest BCUT2D eigenvalue weighted by molar-refractivity contribution is 6.21. The molecule has 0 spiro atoms. The second-order valence-corrected chi connectivity index (χ2v) is 13.2. The minimum atomic E-state index is 0.633. The molecule has 0 aliphatic heterocycles. The van der Waals surface area contributed by atoms with Crippen LogP contribution in [0, 0.1) is 0 Å². The second kappa shape index (κ2) is 12.9. The lowest BCUT2D eigenvalue weighted by atomic mass is 9.93. The van der Waals surface area contributed by atoms with Crippen LogP contribution in [0.5, 0.6) is 0 Å². The fraction of sp³-hybridized carbons (Fsp3) is 0. The molecular formula is C49H31N3O. The van der Waals surface area contributed by atoms with Gasteiger partial charge in [-0.25, -0.2) is 15.0 Å². The molecule has 2 heterocycles. The van der Waals surface area contributed by atoms with Crippen molar-refractivity contribution in [3.63, 3.8) is 0 Å². The van der Waals surface area contributed by atoms with E-state index in [0.29, 0.717) is 17.5 Å². The zero-order valence-corrected chi connectivity index (χ0v) is 28.6. The third-order valence-corrected chi connectivity index (χ3v) is 9.94. The molecule has 0 aliphatic rings. The van der Waals surface area contributed by atoms with E-state index in [9.17, 15) is 0 Å². The number of nitrogens with zero attached hydrogens (tertiary/aromatic N) is 3. The molecular weight excluding hydrogens is 647 g/mol. The highest BCUT2D eigenvalue weighted by atomic mass is 16.3. The minimum absolute atomic E-state index is 0.633. The van der Waals surface area contributed by atoms with Crippen LogP contribution in [0.15, 0.2) is 192 Å². The van der Waals surface area contributed by atoms with E-state index in [2.05, 4.69) is 127 Å². The summed E-state index contributed by atoms with van der Waals surface area (Å²) in [5.41, 5.74) is 11.5. The van der Waals surface area contributed by atoms with Gasteiger partial charge >= 0.3 is 0 Å². The van der Waals surface area contributed by atoms with Gasteiger partial charge < -0.3 is 4.42 Å². The van der Waals surface area contributed by atoms with Gasteiger partial charge in [0, 0.05) is 32.8 Å². The van der Waals surface area contributed by atoms with Crippen molar-refractivity contribution in [2.45, 2.75) is 0 Å². The van der Waals surface area contributed by atoms with E-state index in [1.807, 2.05) is 60.7 Å². The molecule has 0 amide bonds. The van der Waals surface area contributed by atoms with Crippen molar-refractivity contribution in [3.8, 4) is 67.5 Å². The van der Waals surface area contributed by atoms with Crippen LogP contribution in [-0.2, 0) is 0 Å². The predicted octanol–water partition coefficient (Wildman–Crippen LogP) is 12.9. The molecule has 248 valence electrons. The van der Waals surface area contributed by atoms with Gasteiger partial charge in [0.05, 0.1) is 0 Å². The standard InChI is InChI=1S/C49H31N3O/c1-4-12-32(13-5-1)33-20-24-35(25-21-33)43-30-40-18-10-11-19-41(40)46-45(43)42-29-28-39(31-44(42)53-46)34-22-26-38(27-23-34)49-51-47(36-14-6-2-7-15-36)50-48(52-49)37-16-8-3-9-17-37/h1-31H. The maximum Gasteiger partial charge on any atom is 0.164 e. The van der Waals surface area contributed by atoms with Crippen molar-refractivity contribution in [1.29, 1.82) is 0 Å². The van der Waals surface area contributed by atoms with Gasteiger partial charge in [0.25, 0.3) is 0 Å². The van der Waals surface area contributed by atoms with Crippen LogP contribution >= 0.6 is 0 Å². The molecule has 0 N–H and O–H groups in total. The summed E-state index contributed by atoms with van der Waals surface area (Å²) in [6.45, 7) is 0. The van der Waals surface area contributed by atoms with Gasteiger partial charge in [0.15, 0.2) is 17.5 Å². The molecule has 10 rings (SSSR count). The Labute approximate surface area is 306 Å². The van der Waals surface area contributed by atoms with Gasteiger partial charge in [0.1, 0.15) is 11.2 Å². The topological polar surface area (TPSA) is 51.8 Å². The summed E-state index contributed by atoms with van der Waals surface area (Å²) >= 11 is 0. The lowest BCUT2D eigenvalue weighted by Gasteiger charge is -2.09. The van der Waals surface area contributed by atoms with Crippen LogP contribution in [0.1, 0.15) is 0 Å². The van der Waals surface area contributed by atoms with E-state index >= 15 is 0 Å². The van der Waals surface area contributed by atoms with E-state index in [1.165, 1.54) is 11.1 Å². The Morgan fingerprint density at radius 1 is 0.321 bits per heavy atom. The summed E-state index contributed by atoms with van der Waals surface area (Å²) < 4.78 is 6.76. The lowest BCUT2D eigenvalue weighted by Crippen LogP contribution is -2.00. The zero-order valence-electron chi connectivity index (χ0n) is 28.6. The van der Waals surface area contributed by atoms with Crippen molar-refractivity contribution in [2.75, 3.05) is 0 Å². The number of furan rings is 1. The van der Waals surface area contributed by atoms with Gasteiger partial charge in [0.2, 0.25) is 0 Å². The number of hydrogen-bond acceptors (Lipinski definition) is 4. The average Bonchev–Trinajstić information content (AvgIpc) is 3.64. The SMILES string of the molecule is c1ccc(-c2ccc(-c3cc4ccccc4c4oc5cc(-c6ccc(-c7nc(-c8ccccc8)nc(-c8ccccc8)n7)cc6)ccc5c34)cc2)cc1. The number of hydrogen-bond donors (Lipinski definition) is 0. The smallest absolute Gasteiger partial charge is 0.164 e. The van der Waals surface area contributed by atoms with Crippen LogP contribution in [0.4, 0.5) is 0 Å². The molecule has 0 fully saturated rings. The van der Waals surface area contributed by atoms with Crippen LogP contribution < -0.4 is 0 Å². The van der Waals surface area contributed by atoms with Gasteiger partial charge in [-0.15, -0.1) is 0 Å². The molecule has 0 saturated carbocycles. The molecule has 10 aromatic rings. The van der Waals surface area contributed by atoms with Gasteiger partial charge in [-0.05, 0) is 57.0 Å². The first-order valence-electron chi connectivity index (χ1n) is 17.8. The van der Waals surface area contributed by atoms with E-state index in [-0.39, 0.29) is 0 Å². The summed E-state index contributed by atoms with van der Waals surface area (Å²) in [6.07, 6.45) is 0. The molecule has 53 heavy (non-hydrogen) atoms. The molecule has 0 atom stereocenters. The molecule has 8 aromatic carbocycles. The lowest BCUT2D eigenvalue weighted by molar-refractivity contribution is 0.673. The Hall–Kier alpha value is -7.17. The first-order chi connectivity index (χ1) is 26.2. The van der Waals surface area contributed by atoms with Crippen LogP contribution in [0.2, 0.25) is 0 Å². The summed E-state index contributed by atoms with van der Waals surface area (Å²) in [4.78, 5) is 14.7. The Morgan fingerprint density at radius 2 is 0.755 bits per heavy atom. The Balaban J connectivity index is 1.04. The molecule has 0 unspecified atom stereocenters. The Bertz CT molecular complexity index is 2840. The minimum Gasteiger partial charge on any atom is -0.455 e. The Kier molecular flexibility index (Phi) is 7.43. The molecule has 4 heteroatoms. The Morgan fingerprint density at radius 3 is 1.36 bits per heavy atom. The summed E-state index contributed by atoms with van der Waals surface area (Å²) in [7, 11) is 0. The van der Waals surface area contributed by atoms with Gasteiger partial charge in [-0.3, -0.25) is 0 Å². The molecule has 0 aliphatic carbocycles. The van der Waals surface area contributed by atoms with Crippen molar-refractivity contribution < 1.29 is 4.42 Å². The third kappa shape index (κ3) is 5.63. The maximum absolute atomic E-state index is 6.76. The number of rotatable bonds is 6. The molecule has 2 aromatic heterocycles. The first kappa shape index (κ1) is 30.6. The third-order valence-electron chi connectivity index (χ3n) is 9.94. The number of benzene rings is 8. The zero-order chi connectivity index (χ0) is 35.1. The van der Waals surface area contributed by atoms with Crippen molar-refractivity contribution >= 4 is 32.7 Å². The molecule has 0 bridgehead atoms. The van der Waals surface area contributed by atoms with Crippen LogP contribution in [0.25, 0.3) is 100 Å². The number of aromatic nitrogens is 3. The quantitative estimate of drug-likeness (QED) is 0.176. The van der Waals surface area contributed by atoms with E-state index in [4.69, 9.17) is 19.4 Å².